The molecular weight excluding hydrogens is 180 g/mol. The van der Waals surface area contributed by atoms with Crippen LogP contribution in [0.5, 0.6) is 0 Å². The molecule has 0 bridgehead atoms. The van der Waals surface area contributed by atoms with E-state index in [9.17, 15) is 4.79 Å². The van der Waals surface area contributed by atoms with Crippen LogP contribution in [0.4, 0.5) is 5.69 Å². The Morgan fingerprint density at radius 3 is 3.07 bits per heavy atom. The molecule has 0 amide bonds. The highest BCUT2D eigenvalue weighted by Crippen LogP contribution is 2.11. The number of anilines is 1. The third-order valence-corrected chi connectivity index (χ3v) is 1.90. The summed E-state index contributed by atoms with van der Waals surface area (Å²) >= 11 is 0. The molecule has 0 atom stereocenters. The SMILES string of the molecule is Cc1cnccc1NCCCC(=O)O. The molecule has 0 aliphatic carbocycles. The fourth-order valence-corrected chi connectivity index (χ4v) is 1.13. The molecule has 0 radical (unpaired) electrons. The second kappa shape index (κ2) is 5.21. The number of aryl methyl sites for hydroxylation is 1. The number of nitrogens with one attached hydrogen (secondary N) is 1. The van der Waals surface area contributed by atoms with Crippen molar-refractivity contribution in [1.29, 1.82) is 0 Å². The third-order valence-electron chi connectivity index (χ3n) is 1.90. The lowest BCUT2D eigenvalue weighted by Gasteiger charge is -2.07. The Balaban J connectivity index is 2.31. The molecule has 76 valence electrons. The normalized spacial score (nSPS) is 9.79. The zero-order valence-electron chi connectivity index (χ0n) is 8.16. The molecule has 0 saturated heterocycles. The van der Waals surface area contributed by atoms with Gasteiger partial charge in [-0.2, -0.15) is 0 Å². The van der Waals surface area contributed by atoms with E-state index in [1.165, 1.54) is 0 Å². The Morgan fingerprint density at radius 1 is 1.64 bits per heavy atom. The minimum atomic E-state index is -0.752. The Kier molecular flexibility index (Phi) is 3.91. The number of hydrogen-bond donors (Lipinski definition) is 2. The number of carbonyl (C=O) groups is 1. The first kappa shape index (κ1) is 10.5. The van der Waals surface area contributed by atoms with Crippen molar-refractivity contribution < 1.29 is 9.90 Å². The van der Waals surface area contributed by atoms with Gasteiger partial charge >= 0.3 is 5.97 Å². The lowest BCUT2D eigenvalue weighted by molar-refractivity contribution is -0.137. The molecule has 0 aliphatic heterocycles. The standard InChI is InChI=1S/C10H14N2O2/c1-8-7-11-6-4-9(8)12-5-2-3-10(13)14/h4,6-7H,2-3,5H2,1H3,(H,11,12)(H,13,14). The first-order chi connectivity index (χ1) is 6.70. The van der Waals surface area contributed by atoms with Gasteiger partial charge in [-0.15, -0.1) is 0 Å². The van der Waals surface area contributed by atoms with Crippen LogP contribution in [0, 0.1) is 6.92 Å². The van der Waals surface area contributed by atoms with Gasteiger partial charge in [0.15, 0.2) is 0 Å². The molecule has 2 N–H and O–H groups in total. The molecule has 0 fully saturated rings. The van der Waals surface area contributed by atoms with Gasteiger partial charge in [0.25, 0.3) is 0 Å². The molecule has 1 aromatic rings. The monoisotopic (exact) mass is 194 g/mol. The molecule has 0 spiro atoms. The molecule has 1 aromatic heterocycles. The van der Waals surface area contributed by atoms with Gasteiger partial charge in [0.2, 0.25) is 0 Å². The van der Waals surface area contributed by atoms with E-state index < -0.39 is 5.97 Å². The van der Waals surface area contributed by atoms with E-state index in [-0.39, 0.29) is 6.42 Å². The summed E-state index contributed by atoms with van der Waals surface area (Å²) in [7, 11) is 0. The first-order valence-corrected chi connectivity index (χ1v) is 4.56. The van der Waals surface area contributed by atoms with Crippen LogP contribution >= 0.6 is 0 Å². The van der Waals surface area contributed by atoms with Crippen LogP contribution in [0.25, 0.3) is 0 Å². The maximum atomic E-state index is 10.2. The summed E-state index contributed by atoms with van der Waals surface area (Å²) in [6.45, 7) is 2.64. The largest absolute Gasteiger partial charge is 0.481 e. The summed E-state index contributed by atoms with van der Waals surface area (Å²) in [5, 5.41) is 11.6. The van der Waals surface area contributed by atoms with Crippen LogP contribution in [0.2, 0.25) is 0 Å². The predicted octanol–water partition coefficient (Wildman–Crippen LogP) is 1.67. The molecule has 1 rings (SSSR count). The number of aromatic nitrogens is 1. The number of carboxylic acid groups (broad SMARTS) is 1. The number of hydrogen-bond acceptors (Lipinski definition) is 3. The van der Waals surface area contributed by atoms with Crippen LogP contribution in [-0.2, 0) is 4.79 Å². The van der Waals surface area contributed by atoms with Crippen molar-refractivity contribution in [2.24, 2.45) is 0 Å². The lowest BCUT2D eigenvalue weighted by Crippen LogP contribution is -2.05. The summed E-state index contributed by atoms with van der Waals surface area (Å²) < 4.78 is 0. The van der Waals surface area contributed by atoms with Gasteiger partial charge in [-0.3, -0.25) is 9.78 Å². The van der Waals surface area contributed by atoms with Gasteiger partial charge in [0.1, 0.15) is 0 Å². The zero-order chi connectivity index (χ0) is 10.4. The number of nitrogens with zero attached hydrogens (tertiary/aromatic N) is 1. The van der Waals surface area contributed by atoms with Crippen LogP contribution in [0.1, 0.15) is 18.4 Å². The Bertz CT molecular complexity index is 313. The summed E-state index contributed by atoms with van der Waals surface area (Å²) in [5.41, 5.74) is 2.09. The van der Waals surface area contributed by atoms with Crippen LogP contribution < -0.4 is 5.32 Å². The number of pyridine rings is 1. The molecule has 0 unspecified atom stereocenters. The van der Waals surface area contributed by atoms with Gasteiger partial charge in [0.05, 0.1) is 0 Å². The maximum Gasteiger partial charge on any atom is 0.303 e. The molecule has 0 aromatic carbocycles. The Hall–Kier alpha value is -1.58. The van der Waals surface area contributed by atoms with E-state index in [1.54, 1.807) is 12.4 Å². The lowest BCUT2D eigenvalue weighted by atomic mass is 10.2. The predicted molar refractivity (Wildman–Crippen MR) is 54.3 cm³/mol. The van der Waals surface area contributed by atoms with Crippen molar-refractivity contribution >= 4 is 11.7 Å². The summed E-state index contributed by atoms with van der Waals surface area (Å²) in [6, 6.07) is 1.89. The third kappa shape index (κ3) is 3.43. The molecular formula is C10H14N2O2. The Morgan fingerprint density at radius 2 is 2.43 bits per heavy atom. The summed E-state index contributed by atoms with van der Waals surface area (Å²) in [4.78, 5) is 14.2. The van der Waals surface area contributed by atoms with Crippen molar-refractivity contribution in [3.05, 3.63) is 24.0 Å². The number of carboxylic acids is 1. The molecule has 0 saturated carbocycles. The van der Waals surface area contributed by atoms with Gasteiger partial charge in [-0.05, 0) is 25.0 Å². The average molecular weight is 194 g/mol. The maximum absolute atomic E-state index is 10.2. The van der Waals surface area contributed by atoms with Crippen LogP contribution in [0.15, 0.2) is 18.5 Å². The van der Waals surface area contributed by atoms with Gasteiger partial charge in [-0.25, -0.2) is 0 Å². The van der Waals surface area contributed by atoms with E-state index in [0.717, 1.165) is 11.3 Å². The Labute approximate surface area is 83.0 Å². The van der Waals surface area contributed by atoms with Gasteiger partial charge < -0.3 is 10.4 Å². The zero-order valence-corrected chi connectivity index (χ0v) is 8.16. The van der Waals surface area contributed by atoms with E-state index >= 15 is 0 Å². The molecule has 14 heavy (non-hydrogen) atoms. The second-order valence-electron chi connectivity index (χ2n) is 3.11. The molecule has 4 heteroatoms. The highest BCUT2D eigenvalue weighted by atomic mass is 16.4. The summed E-state index contributed by atoms with van der Waals surface area (Å²) in [6.07, 6.45) is 4.33. The first-order valence-electron chi connectivity index (χ1n) is 4.56. The van der Waals surface area contributed by atoms with Crippen molar-refractivity contribution in [3.63, 3.8) is 0 Å². The quantitative estimate of drug-likeness (QED) is 0.700. The van der Waals surface area contributed by atoms with E-state index in [4.69, 9.17) is 5.11 Å². The van der Waals surface area contributed by atoms with E-state index in [1.807, 2.05) is 13.0 Å². The number of rotatable bonds is 5. The van der Waals surface area contributed by atoms with Gasteiger partial charge in [-0.1, -0.05) is 0 Å². The molecule has 4 nitrogen and oxygen atoms in total. The topological polar surface area (TPSA) is 62.2 Å². The van der Waals surface area contributed by atoms with Crippen molar-refractivity contribution in [1.82, 2.24) is 4.98 Å². The highest BCUT2D eigenvalue weighted by molar-refractivity contribution is 5.66. The van der Waals surface area contributed by atoms with Crippen molar-refractivity contribution in [3.8, 4) is 0 Å². The van der Waals surface area contributed by atoms with Gasteiger partial charge in [0, 0.05) is 31.0 Å². The van der Waals surface area contributed by atoms with E-state index in [2.05, 4.69) is 10.3 Å². The average Bonchev–Trinajstić information content (AvgIpc) is 2.15. The van der Waals surface area contributed by atoms with Crippen LogP contribution in [0.3, 0.4) is 0 Å². The summed E-state index contributed by atoms with van der Waals surface area (Å²) in [5.74, 6) is -0.752. The van der Waals surface area contributed by atoms with Crippen molar-refractivity contribution in [2.45, 2.75) is 19.8 Å². The minimum Gasteiger partial charge on any atom is -0.481 e. The fourth-order valence-electron chi connectivity index (χ4n) is 1.13. The minimum absolute atomic E-state index is 0.205. The second-order valence-corrected chi connectivity index (χ2v) is 3.11. The fraction of sp³-hybridized carbons (Fsp3) is 0.400. The smallest absolute Gasteiger partial charge is 0.303 e. The highest BCUT2D eigenvalue weighted by Gasteiger charge is 1.98. The number of aliphatic carboxylic acids is 1. The van der Waals surface area contributed by atoms with E-state index in [0.29, 0.717) is 13.0 Å². The molecule has 1 heterocycles. The van der Waals surface area contributed by atoms with Crippen molar-refractivity contribution in [2.75, 3.05) is 11.9 Å². The molecule has 0 aliphatic rings. The van der Waals surface area contributed by atoms with Crippen LogP contribution in [-0.4, -0.2) is 22.6 Å².